The van der Waals surface area contributed by atoms with E-state index in [0.29, 0.717) is 0 Å². The number of rotatable bonds is 2. The molecular weight excluding hydrogens is 163 g/mol. The van der Waals surface area contributed by atoms with E-state index in [9.17, 15) is 13.0 Å². The van der Waals surface area contributed by atoms with E-state index < -0.39 is 16.5 Å². The number of hydrogen-bond acceptors (Lipinski definition) is 4. The summed E-state index contributed by atoms with van der Waals surface area (Å²) in [6, 6.07) is 0. The third-order valence-corrected chi connectivity index (χ3v) is 1.13. The first kappa shape index (κ1) is 13.6. The van der Waals surface area contributed by atoms with Gasteiger partial charge in [0, 0.05) is 0 Å². The van der Waals surface area contributed by atoms with Gasteiger partial charge in [0.05, 0.1) is 0 Å². The molecule has 0 aliphatic heterocycles. The van der Waals surface area contributed by atoms with E-state index in [2.05, 4.69) is 16.0 Å². The van der Waals surface area contributed by atoms with Gasteiger partial charge in [-0.2, -0.15) is 0 Å². The van der Waals surface area contributed by atoms with Gasteiger partial charge in [-0.15, -0.1) is 5.92 Å². The first-order valence-electron chi connectivity index (χ1n) is 2.52. The minimum Gasteiger partial charge on any atom is -0.725 e. The van der Waals surface area contributed by atoms with Crippen LogP contribution in [-0.2, 0) is 14.6 Å². The molecule has 6 heteroatoms. The molecule has 1 unspecified atom stereocenters. The predicted molar refractivity (Wildman–Crippen MR) is 33.7 cm³/mol. The molecule has 4 nitrogen and oxygen atoms in total. The topological polar surface area (TPSA) is 66.4 Å². The summed E-state index contributed by atoms with van der Waals surface area (Å²) in [5.41, 5.74) is 0. The molecule has 0 aliphatic carbocycles. The van der Waals surface area contributed by atoms with E-state index in [0.717, 1.165) is 0 Å². The second-order valence-electron chi connectivity index (χ2n) is 1.54. The van der Waals surface area contributed by atoms with E-state index in [-0.39, 0.29) is 18.9 Å². The summed E-state index contributed by atoms with van der Waals surface area (Å²) in [4.78, 5) is 0. The Morgan fingerprint density at radius 3 is 2.27 bits per heavy atom. The summed E-state index contributed by atoms with van der Waals surface area (Å²) in [6.45, 7) is 2.91. The van der Waals surface area contributed by atoms with Crippen LogP contribution >= 0.6 is 0 Å². The minimum atomic E-state index is -4.60. The third-order valence-electron chi connectivity index (χ3n) is 0.610. The maximum Gasteiger partial charge on any atom is 1.00 e. The van der Waals surface area contributed by atoms with Crippen molar-refractivity contribution in [3.63, 3.8) is 0 Å². The van der Waals surface area contributed by atoms with Gasteiger partial charge in [0.25, 0.3) is 0 Å². The van der Waals surface area contributed by atoms with Gasteiger partial charge in [0.2, 0.25) is 10.4 Å². The van der Waals surface area contributed by atoms with Crippen LogP contribution in [0.15, 0.2) is 0 Å². The van der Waals surface area contributed by atoms with Gasteiger partial charge in [-0.05, 0) is 13.8 Å². The van der Waals surface area contributed by atoms with Crippen molar-refractivity contribution in [3.8, 4) is 11.8 Å². The van der Waals surface area contributed by atoms with Gasteiger partial charge in [-0.1, -0.05) is 5.92 Å². The minimum absolute atomic E-state index is 0. The van der Waals surface area contributed by atoms with Crippen LogP contribution in [0.3, 0.4) is 0 Å². The molecule has 0 N–H and O–H groups in total. The molecule has 0 radical (unpaired) electrons. The normalized spacial score (nSPS) is 12.3. The Kier molecular flexibility index (Phi) is 6.99. The van der Waals surface area contributed by atoms with Gasteiger partial charge < -0.3 is 4.55 Å². The monoisotopic (exact) mass is 170 g/mol. The van der Waals surface area contributed by atoms with Crippen molar-refractivity contribution in [3.05, 3.63) is 0 Å². The average Bonchev–Trinajstić information content (AvgIpc) is 1.59. The predicted octanol–water partition coefficient (Wildman–Crippen LogP) is -3.12. The summed E-state index contributed by atoms with van der Waals surface area (Å²) in [5, 5.41) is 0. The van der Waals surface area contributed by atoms with Crippen LogP contribution in [0, 0.1) is 11.8 Å². The molecule has 0 aromatic rings. The van der Waals surface area contributed by atoms with Crippen LogP contribution in [0.2, 0.25) is 0 Å². The maximum atomic E-state index is 9.87. The second-order valence-corrected chi connectivity index (χ2v) is 2.55. The summed E-state index contributed by atoms with van der Waals surface area (Å²) in [7, 11) is -4.60. The molecule has 0 rings (SSSR count). The molecule has 0 aliphatic rings. The van der Waals surface area contributed by atoms with Crippen LogP contribution < -0.4 is 18.9 Å². The smallest absolute Gasteiger partial charge is 0.725 e. The molecule has 0 aromatic carbocycles. The van der Waals surface area contributed by atoms with Gasteiger partial charge in [0.15, 0.2) is 0 Å². The van der Waals surface area contributed by atoms with E-state index in [4.69, 9.17) is 0 Å². The largest absolute Gasteiger partial charge is 1.00 e. The molecule has 0 aromatic heterocycles. The zero-order valence-corrected chi connectivity index (χ0v) is 7.44. The zero-order chi connectivity index (χ0) is 8.20. The third kappa shape index (κ3) is 10.0. The van der Waals surface area contributed by atoms with E-state index >= 15 is 0 Å². The van der Waals surface area contributed by atoms with Crippen molar-refractivity contribution in [1.82, 2.24) is 0 Å². The Morgan fingerprint density at radius 1 is 1.55 bits per heavy atom. The van der Waals surface area contributed by atoms with Crippen molar-refractivity contribution in [1.29, 1.82) is 0 Å². The zero-order valence-electron chi connectivity index (χ0n) is 6.62. The quantitative estimate of drug-likeness (QED) is 0.190. The van der Waals surface area contributed by atoms with Crippen LogP contribution in [0.4, 0.5) is 0 Å². The molecular formula is C5H7LiO4S. The molecule has 58 valence electrons. The maximum absolute atomic E-state index is 9.87. The average molecular weight is 170 g/mol. The fourth-order valence-electron chi connectivity index (χ4n) is 0.404. The summed E-state index contributed by atoms with van der Waals surface area (Å²) < 4.78 is 33.5. The molecule has 0 saturated heterocycles. The van der Waals surface area contributed by atoms with Crippen LogP contribution in [-0.4, -0.2) is 19.1 Å². The summed E-state index contributed by atoms with van der Waals surface area (Å²) >= 11 is 0. The van der Waals surface area contributed by atoms with E-state index in [1.54, 1.807) is 0 Å². The van der Waals surface area contributed by atoms with Gasteiger partial charge in [-0.3, -0.25) is 4.18 Å². The van der Waals surface area contributed by atoms with E-state index in [1.807, 2.05) is 0 Å². The fraction of sp³-hybridized carbons (Fsp3) is 0.600. The molecule has 0 heterocycles. The Hall–Kier alpha value is 0.0274. The second kappa shape index (κ2) is 5.65. The number of hydrogen-bond donors (Lipinski definition) is 0. The van der Waals surface area contributed by atoms with Crippen LogP contribution in [0.5, 0.6) is 0 Å². The Labute approximate surface area is 78.4 Å². The molecule has 0 spiro atoms. The Morgan fingerprint density at radius 2 is 2.00 bits per heavy atom. The first-order chi connectivity index (χ1) is 4.45. The van der Waals surface area contributed by atoms with E-state index in [1.165, 1.54) is 13.8 Å². The van der Waals surface area contributed by atoms with Crippen molar-refractivity contribution in [2.75, 3.05) is 0 Å². The van der Waals surface area contributed by atoms with Crippen LogP contribution in [0.25, 0.3) is 0 Å². The van der Waals surface area contributed by atoms with Crippen molar-refractivity contribution < 1.29 is 36.0 Å². The SMILES string of the molecule is CC#CC(C)OS(=O)(=O)[O-].[Li+]. The molecule has 1 atom stereocenters. The van der Waals surface area contributed by atoms with Gasteiger partial charge in [0.1, 0.15) is 6.10 Å². The molecule has 0 bridgehead atoms. The standard InChI is InChI=1S/C5H8O4S.Li/c1-3-4-5(2)9-10(6,7)8;/h5H,1-2H3,(H,6,7,8);/q;+1/p-1. The van der Waals surface area contributed by atoms with Crippen molar-refractivity contribution in [2.45, 2.75) is 20.0 Å². The summed E-state index contributed by atoms with van der Waals surface area (Å²) in [6.07, 6.45) is -0.854. The first-order valence-corrected chi connectivity index (χ1v) is 3.85. The molecule has 11 heavy (non-hydrogen) atoms. The molecule has 0 saturated carbocycles. The molecule has 0 fully saturated rings. The Bertz CT molecular complexity index is 247. The van der Waals surface area contributed by atoms with Gasteiger partial charge in [-0.25, -0.2) is 8.42 Å². The summed E-state index contributed by atoms with van der Waals surface area (Å²) in [5.74, 6) is 4.76. The fourth-order valence-corrected chi connectivity index (χ4v) is 0.806. The molecule has 0 amide bonds. The van der Waals surface area contributed by atoms with Gasteiger partial charge >= 0.3 is 18.9 Å². The van der Waals surface area contributed by atoms with Crippen molar-refractivity contribution in [2.24, 2.45) is 0 Å². The van der Waals surface area contributed by atoms with Crippen LogP contribution in [0.1, 0.15) is 13.8 Å². The Balaban J connectivity index is 0. The van der Waals surface area contributed by atoms with Crippen molar-refractivity contribution >= 4 is 10.4 Å².